The van der Waals surface area contributed by atoms with Gasteiger partial charge in [0.25, 0.3) is 0 Å². The van der Waals surface area contributed by atoms with E-state index in [-0.39, 0.29) is 30.2 Å². The van der Waals surface area contributed by atoms with Crippen LogP contribution in [0.2, 0.25) is 0 Å². The summed E-state index contributed by atoms with van der Waals surface area (Å²) in [7, 11) is 0. The summed E-state index contributed by atoms with van der Waals surface area (Å²) in [5.41, 5.74) is 6.16. The third-order valence-electron chi connectivity index (χ3n) is 3.74. The normalized spacial score (nSPS) is 21.7. The number of hydrogen-bond donors (Lipinski definition) is 1. The highest BCUT2D eigenvalue weighted by Crippen LogP contribution is 2.28. The molecule has 3 nitrogen and oxygen atoms in total. The molecule has 1 aromatic carbocycles. The van der Waals surface area contributed by atoms with Gasteiger partial charge in [-0.3, -0.25) is 4.79 Å². The van der Waals surface area contributed by atoms with E-state index in [9.17, 15) is 13.6 Å². The van der Waals surface area contributed by atoms with Gasteiger partial charge in [0.15, 0.2) is 11.6 Å². The van der Waals surface area contributed by atoms with Crippen LogP contribution < -0.4 is 5.73 Å². The van der Waals surface area contributed by atoms with E-state index in [1.165, 1.54) is 6.07 Å². The Hall–Kier alpha value is -1.20. The molecule has 1 aromatic rings. The molecule has 1 atom stereocenters. The van der Waals surface area contributed by atoms with E-state index in [0.29, 0.717) is 25.2 Å². The molecule has 0 spiro atoms. The van der Waals surface area contributed by atoms with Gasteiger partial charge in [0.2, 0.25) is 5.91 Å². The zero-order chi connectivity index (χ0) is 14.0. The molecule has 0 bridgehead atoms. The van der Waals surface area contributed by atoms with Crippen LogP contribution in [0, 0.1) is 17.0 Å². The lowest BCUT2D eigenvalue weighted by Gasteiger charge is -2.22. The van der Waals surface area contributed by atoms with Gasteiger partial charge in [0.1, 0.15) is 0 Å². The lowest BCUT2D eigenvalue weighted by atomic mass is 9.90. The van der Waals surface area contributed by atoms with Gasteiger partial charge in [-0.05, 0) is 36.1 Å². The second-order valence-corrected chi connectivity index (χ2v) is 5.51. The Balaban J connectivity index is 0.00000200. The Morgan fingerprint density at radius 3 is 2.65 bits per heavy atom. The van der Waals surface area contributed by atoms with Gasteiger partial charge in [-0.25, -0.2) is 8.78 Å². The molecule has 2 N–H and O–H groups in total. The zero-order valence-electron chi connectivity index (χ0n) is 11.4. The van der Waals surface area contributed by atoms with Crippen LogP contribution in [0.4, 0.5) is 8.78 Å². The fourth-order valence-corrected chi connectivity index (χ4v) is 2.34. The van der Waals surface area contributed by atoms with Crippen molar-refractivity contribution < 1.29 is 13.6 Å². The topological polar surface area (TPSA) is 46.3 Å². The largest absolute Gasteiger partial charge is 0.342 e. The predicted octanol–water partition coefficient (Wildman–Crippen LogP) is 2.13. The molecular formula is C14H19ClF2N2O. The highest BCUT2D eigenvalue weighted by molar-refractivity contribution is 5.85. The molecule has 6 heteroatoms. The number of halogens is 3. The average Bonchev–Trinajstić information content (AvgIpc) is 2.78. The lowest BCUT2D eigenvalue weighted by molar-refractivity contribution is -0.129. The van der Waals surface area contributed by atoms with Crippen molar-refractivity contribution in [3.63, 3.8) is 0 Å². The number of carbonyl (C=O) groups is 1. The molecule has 1 aliphatic heterocycles. The zero-order valence-corrected chi connectivity index (χ0v) is 12.2. The van der Waals surface area contributed by atoms with Gasteiger partial charge in [0, 0.05) is 13.1 Å². The lowest BCUT2D eigenvalue weighted by Crippen LogP contribution is -2.35. The first-order valence-corrected chi connectivity index (χ1v) is 6.35. The van der Waals surface area contributed by atoms with Crippen molar-refractivity contribution in [2.24, 2.45) is 11.1 Å². The molecule has 112 valence electrons. The molecule has 2 rings (SSSR count). The summed E-state index contributed by atoms with van der Waals surface area (Å²) in [5.74, 6) is -1.88. The molecule has 0 aliphatic carbocycles. The van der Waals surface area contributed by atoms with Crippen molar-refractivity contribution in [2.75, 3.05) is 19.6 Å². The molecule has 0 radical (unpaired) electrons. The smallest absolute Gasteiger partial charge is 0.227 e. The number of carbonyl (C=O) groups excluding carboxylic acids is 1. The SMILES string of the molecule is CC1(CN)CCN(C(=O)Cc2ccc(F)c(F)c2)C1.Cl. The molecule has 1 heterocycles. The molecule has 0 aromatic heterocycles. The van der Waals surface area contributed by atoms with Crippen LogP contribution in [0.1, 0.15) is 18.9 Å². The molecular weight excluding hydrogens is 286 g/mol. The average molecular weight is 305 g/mol. The minimum atomic E-state index is -0.918. The summed E-state index contributed by atoms with van der Waals surface area (Å²) in [5, 5.41) is 0. The summed E-state index contributed by atoms with van der Waals surface area (Å²) in [4.78, 5) is 13.8. The van der Waals surface area contributed by atoms with Crippen LogP contribution >= 0.6 is 12.4 Å². The first-order chi connectivity index (χ1) is 8.93. The van der Waals surface area contributed by atoms with Gasteiger partial charge in [0.05, 0.1) is 6.42 Å². The first-order valence-electron chi connectivity index (χ1n) is 6.35. The molecule has 0 saturated carbocycles. The van der Waals surface area contributed by atoms with Crippen LogP contribution in [-0.2, 0) is 11.2 Å². The van der Waals surface area contributed by atoms with Gasteiger partial charge in [-0.1, -0.05) is 13.0 Å². The maximum absolute atomic E-state index is 13.1. The Morgan fingerprint density at radius 1 is 1.40 bits per heavy atom. The number of benzene rings is 1. The van der Waals surface area contributed by atoms with E-state index < -0.39 is 11.6 Å². The summed E-state index contributed by atoms with van der Waals surface area (Å²) in [6.07, 6.45) is 0.977. The summed E-state index contributed by atoms with van der Waals surface area (Å²) >= 11 is 0. The summed E-state index contributed by atoms with van der Waals surface area (Å²) in [6.45, 7) is 3.90. The van der Waals surface area contributed by atoms with Crippen molar-refractivity contribution >= 4 is 18.3 Å². The molecule has 1 unspecified atom stereocenters. The van der Waals surface area contributed by atoms with E-state index in [1.807, 2.05) is 0 Å². The Kier molecular flexibility index (Phi) is 5.48. The van der Waals surface area contributed by atoms with Gasteiger partial charge in [-0.2, -0.15) is 0 Å². The van der Waals surface area contributed by atoms with Crippen molar-refractivity contribution in [3.8, 4) is 0 Å². The number of amides is 1. The van der Waals surface area contributed by atoms with Crippen LogP contribution in [0.15, 0.2) is 18.2 Å². The third-order valence-corrected chi connectivity index (χ3v) is 3.74. The van der Waals surface area contributed by atoms with E-state index in [1.54, 1.807) is 4.90 Å². The summed E-state index contributed by atoms with van der Waals surface area (Å²) < 4.78 is 25.9. The number of nitrogens with two attached hydrogens (primary N) is 1. The fourth-order valence-electron chi connectivity index (χ4n) is 2.34. The molecule has 1 amide bonds. The first kappa shape index (κ1) is 16.9. The highest BCUT2D eigenvalue weighted by Gasteiger charge is 2.34. The summed E-state index contributed by atoms with van der Waals surface area (Å²) in [6, 6.07) is 3.56. The molecule has 1 saturated heterocycles. The minimum Gasteiger partial charge on any atom is -0.342 e. The fraction of sp³-hybridized carbons (Fsp3) is 0.500. The third kappa shape index (κ3) is 3.67. The maximum atomic E-state index is 13.1. The van der Waals surface area contributed by atoms with Crippen LogP contribution in [0.5, 0.6) is 0 Å². The van der Waals surface area contributed by atoms with Crippen molar-refractivity contribution in [2.45, 2.75) is 19.8 Å². The van der Waals surface area contributed by atoms with Crippen LogP contribution in [0.3, 0.4) is 0 Å². The molecule has 20 heavy (non-hydrogen) atoms. The number of rotatable bonds is 3. The van der Waals surface area contributed by atoms with E-state index in [0.717, 1.165) is 18.6 Å². The van der Waals surface area contributed by atoms with Crippen LogP contribution in [-0.4, -0.2) is 30.4 Å². The van der Waals surface area contributed by atoms with Gasteiger partial charge in [-0.15, -0.1) is 12.4 Å². The van der Waals surface area contributed by atoms with E-state index in [2.05, 4.69) is 6.92 Å². The Morgan fingerprint density at radius 2 is 2.10 bits per heavy atom. The molecule has 1 fully saturated rings. The maximum Gasteiger partial charge on any atom is 0.227 e. The van der Waals surface area contributed by atoms with Crippen molar-refractivity contribution in [1.82, 2.24) is 4.90 Å². The predicted molar refractivity (Wildman–Crippen MR) is 75.7 cm³/mol. The monoisotopic (exact) mass is 304 g/mol. The van der Waals surface area contributed by atoms with Crippen molar-refractivity contribution in [1.29, 1.82) is 0 Å². The second-order valence-electron chi connectivity index (χ2n) is 5.51. The quantitative estimate of drug-likeness (QED) is 0.930. The van der Waals surface area contributed by atoms with Crippen LogP contribution in [0.25, 0.3) is 0 Å². The highest BCUT2D eigenvalue weighted by atomic mass is 35.5. The number of hydrogen-bond acceptors (Lipinski definition) is 2. The Labute approximate surface area is 123 Å². The number of nitrogens with zero attached hydrogens (tertiary/aromatic N) is 1. The number of likely N-dealkylation sites (tertiary alicyclic amines) is 1. The Bertz CT molecular complexity index is 498. The standard InChI is InChI=1S/C14H18F2N2O.ClH/c1-14(8-17)4-5-18(9-14)13(19)7-10-2-3-11(15)12(16)6-10;/h2-3,6H,4-5,7-9,17H2,1H3;1H. The molecule has 1 aliphatic rings. The van der Waals surface area contributed by atoms with Crippen molar-refractivity contribution in [3.05, 3.63) is 35.4 Å². The minimum absolute atomic E-state index is 0. The van der Waals surface area contributed by atoms with E-state index in [4.69, 9.17) is 5.73 Å². The van der Waals surface area contributed by atoms with E-state index >= 15 is 0 Å². The van der Waals surface area contributed by atoms with Gasteiger partial charge < -0.3 is 10.6 Å². The second kappa shape index (κ2) is 6.50. The van der Waals surface area contributed by atoms with Gasteiger partial charge >= 0.3 is 0 Å².